The van der Waals surface area contributed by atoms with E-state index in [2.05, 4.69) is 4.98 Å². The molecule has 0 unspecified atom stereocenters. The lowest BCUT2D eigenvalue weighted by molar-refractivity contribution is 0.190. The van der Waals surface area contributed by atoms with Crippen LogP contribution in [0.2, 0.25) is 0 Å². The fourth-order valence-corrected chi connectivity index (χ4v) is 5.65. The minimum Gasteiger partial charge on any atom is -0.508 e. The topological polar surface area (TPSA) is 108 Å². The molecule has 3 rings (SSSR count). The molecule has 2 atom stereocenters. The monoisotopic (exact) mass is 415 g/mol. The molecule has 0 saturated heterocycles. The second-order valence-corrected chi connectivity index (χ2v) is 9.43. The lowest BCUT2D eigenvalue weighted by atomic mass is 9.94. The average molecular weight is 416 g/mol. The van der Waals surface area contributed by atoms with Crippen molar-refractivity contribution in [3.8, 4) is 5.75 Å². The minimum absolute atomic E-state index is 0.124. The molecule has 1 aromatic heterocycles. The molecule has 0 amide bonds. The Bertz CT molecular complexity index is 1010. The highest BCUT2D eigenvalue weighted by Gasteiger charge is 2.39. The Balaban J connectivity index is 1.84. The number of pyridine rings is 1. The van der Waals surface area contributed by atoms with Crippen LogP contribution >= 0.6 is 0 Å². The standard InChI is InChI=1S/C22H25NO5S/c1-15-14-29(27,28)21(13-24)22(15)20(26)10-7-17(19-4-2-3-11-23-19)12-16-5-8-18(25)9-6-16/h2-6,8-9,11-12,20-21,24-26H,7,10,13-14H2,1H3/b17-12-/t20-,21+/m1/s1. The summed E-state index contributed by atoms with van der Waals surface area (Å²) in [6.07, 6.45) is 3.43. The predicted octanol–water partition coefficient (Wildman–Crippen LogP) is 2.57. The third-order valence-corrected chi connectivity index (χ3v) is 7.24. The van der Waals surface area contributed by atoms with Gasteiger partial charge in [0.15, 0.2) is 9.84 Å². The van der Waals surface area contributed by atoms with Crippen LogP contribution in [-0.4, -0.2) is 52.4 Å². The van der Waals surface area contributed by atoms with Gasteiger partial charge in [0.25, 0.3) is 0 Å². The van der Waals surface area contributed by atoms with Gasteiger partial charge in [-0.25, -0.2) is 8.42 Å². The Morgan fingerprint density at radius 1 is 1.24 bits per heavy atom. The van der Waals surface area contributed by atoms with Crippen molar-refractivity contribution >= 4 is 21.5 Å². The molecule has 0 fully saturated rings. The van der Waals surface area contributed by atoms with Gasteiger partial charge >= 0.3 is 0 Å². The van der Waals surface area contributed by atoms with E-state index in [0.717, 1.165) is 16.8 Å². The molecule has 2 heterocycles. The first-order valence-corrected chi connectivity index (χ1v) is 11.1. The van der Waals surface area contributed by atoms with Crippen molar-refractivity contribution in [3.05, 3.63) is 71.1 Å². The molecule has 2 aromatic rings. The summed E-state index contributed by atoms with van der Waals surface area (Å²) in [6.45, 7) is 1.17. The molecule has 0 radical (unpaired) electrons. The number of allylic oxidation sites excluding steroid dienone is 1. The number of aromatic hydroxyl groups is 1. The van der Waals surface area contributed by atoms with Gasteiger partial charge in [-0.1, -0.05) is 23.8 Å². The number of phenols is 1. The van der Waals surface area contributed by atoms with Gasteiger partial charge in [0.05, 0.1) is 24.2 Å². The number of sulfone groups is 1. The number of aromatic nitrogens is 1. The van der Waals surface area contributed by atoms with E-state index in [-0.39, 0.29) is 11.5 Å². The largest absolute Gasteiger partial charge is 0.508 e. The number of phenolic OH excluding ortho intramolecular Hbond substituents is 1. The zero-order valence-corrected chi connectivity index (χ0v) is 17.0. The first-order valence-electron chi connectivity index (χ1n) is 9.43. The zero-order chi connectivity index (χ0) is 21.0. The fourth-order valence-electron chi connectivity index (χ4n) is 3.71. The third-order valence-electron chi connectivity index (χ3n) is 5.13. The van der Waals surface area contributed by atoms with Crippen LogP contribution in [0.25, 0.3) is 11.6 Å². The molecule has 3 N–H and O–H groups in total. The van der Waals surface area contributed by atoms with Crippen LogP contribution in [0.1, 0.15) is 31.0 Å². The normalized spacial score (nSPS) is 20.1. The molecule has 154 valence electrons. The van der Waals surface area contributed by atoms with Gasteiger partial charge < -0.3 is 15.3 Å². The summed E-state index contributed by atoms with van der Waals surface area (Å²) in [7, 11) is -3.46. The number of hydrogen-bond donors (Lipinski definition) is 3. The molecule has 1 aliphatic heterocycles. The van der Waals surface area contributed by atoms with Gasteiger partial charge in [-0.2, -0.15) is 0 Å². The van der Waals surface area contributed by atoms with Crippen LogP contribution < -0.4 is 0 Å². The van der Waals surface area contributed by atoms with Gasteiger partial charge in [-0.05, 0) is 66.8 Å². The van der Waals surface area contributed by atoms with Crippen molar-refractivity contribution < 1.29 is 23.7 Å². The van der Waals surface area contributed by atoms with Crippen LogP contribution in [-0.2, 0) is 9.84 Å². The molecule has 6 nitrogen and oxygen atoms in total. The summed E-state index contributed by atoms with van der Waals surface area (Å²) in [5.41, 5.74) is 3.55. The van der Waals surface area contributed by atoms with Crippen LogP contribution in [0.5, 0.6) is 5.75 Å². The second kappa shape index (κ2) is 8.90. The van der Waals surface area contributed by atoms with Gasteiger partial charge in [0.2, 0.25) is 0 Å². The third kappa shape index (κ3) is 4.93. The van der Waals surface area contributed by atoms with Gasteiger partial charge in [0, 0.05) is 6.20 Å². The van der Waals surface area contributed by atoms with Crippen molar-refractivity contribution in [3.63, 3.8) is 0 Å². The molecule has 0 spiro atoms. The lowest BCUT2D eigenvalue weighted by Gasteiger charge is -2.19. The molecular formula is C22H25NO5S. The Morgan fingerprint density at radius 3 is 2.59 bits per heavy atom. The highest BCUT2D eigenvalue weighted by Crippen LogP contribution is 2.32. The molecule has 1 aromatic carbocycles. The zero-order valence-electron chi connectivity index (χ0n) is 16.2. The van der Waals surface area contributed by atoms with Crippen LogP contribution in [0, 0.1) is 0 Å². The predicted molar refractivity (Wildman–Crippen MR) is 113 cm³/mol. The van der Waals surface area contributed by atoms with Crippen molar-refractivity contribution in [2.75, 3.05) is 12.4 Å². The van der Waals surface area contributed by atoms with E-state index in [9.17, 15) is 23.7 Å². The lowest BCUT2D eigenvalue weighted by Crippen LogP contribution is -2.29. The van der Waals surface area contributed by atoms with E-state index in [1.54, 1.807) is 37.4 Å². The Morgan fingerprint density at radius 2 is 1.97 bits per heavy atom. The first kappa shape index (κ1) is 21.2. The molecular weight excluding hydrogens is 390 g/mol. The Kier molecular flexibility index (Phi) is 6.52. The van der Waals surface area contributed by atoms with Crippen LogP contribution in [0.15, 0.2) is 59.8 Å². The maximum atomic E-state index is 12.2. The number of benzene rings is 1. The number of nitrogens with zero attached hydrogens (tertiary/aromatic N) is 1. The summed E-state index contributed by atoms with van der Waals surface area (Å²) in [6, 6.07) is 12.3. The van der Waals surface area contributed by atoms with E-state index in [1.807, 2.05) is 24.3 Å². The minimum atomic E-state index is -3.46. The maximum absolute atomic E-state index is 12.2. The quantitative estimate of drug-likeness (QED) is 0.600. The maximum Gasteiger partial charge on any atom is 0.163 e. The highest BCUT2D eigenvalue weighted by molar-refractivity contribution is 7.92. The molecule has 0 saturated carbocycles. The van der Waals surface area contributed by atoms with Crippen LogP contribution in [0.4, 0.5) is 0 Å². The first-order chi connectivity index (χ1) is 13.8. The van der Waals surface area contributed by atoms with Crippen molar-refractivity contribution in [1.29, 1.82) is 0 Å². The van der Waals surface area contributed by atoms with Crippen molar-refractivity contribution in [1.82, 2.24) is 4.98 Å². The SMILES string of the molecule is CC1=C([C@H](O)CC/C(=C/c2ccc(O)cc2)c2ccccn2)[C@H](CO)S(=O)(=O)C1. The Labute approximate surface area is 170 Å². The molecule has 0 aliphatic carbocycles. The number of hydrogen-bond acceptors (Lipinski definition) is 6. The summed E-state index contributed by atoms with van der Waals surface area (Å²) < 4.78 is 24.4. The molecule has 0 bridgehead atoms. The van der Waals surface area contributed by atoms with Gasteiger partial charge in [-0.3, -0.25) is 4.98 Å². The number of rotatable bonds is 7. The Hall–Kier alpha value is -2.48. The van der Waals surface area contributed by atoms with E-state index >= 15 is 0 Å². The summed E-state index contributed by atoms with van der Waals surface area (Å²) in [5.74, 6) is 0.0537. The van der Waals surface area contributed by atoms with E-state index in [0.29, 0.717) is 24.0 Å². The smallest absolute Gasteiger partial charge is 0.163 e. The second-order valence-electron chi connectivity index (χ2n) is 7.24. The molecule has 7 heteroatoms. The van der Waals surface area contributed by atoms with Crippen molar-refractivity contribution in [2.45, 2.75) is 31.1 Å². The molecule has 1 aliphatic rings. The van der Waals surface area contributed by atoms with Gasteiger partial charge in [-0.15, -0.1) is 0 Å². The van der Waals surface area contributed by atoms with E-state index < -0.39 is 27.8 Å². The van der Waals surface area contributed by atoms with E-state index in [4.69, 9.17) is 0 Å². The summed E-state index contributed by atoms with van der Waals surface area (Å²) >= 11 is 0. The number of aliphatic hydroxyl groups excluding tert-OH is 2. The molecule has 29 heavy (non-hydrogen) atoms. The summed E-state index contributed by atoms with van der Waals surface area (Å²) in [4.78, 5) is 4.39. The van der Waals surface area contributed by atoms with E-state index in [1.165, 1.54) is 0 Å². The van der Waals surface area contributed by atoms with Crippen LogP contribution in [0.3, 0.4) is 0 Å². The average Bonchev–Trinajstić information content (AvgIpc) is 2.94. The highest BCUT2D eigenvalue weighted by atomic mass is 32.2. The number of aliphatic hydroxyl groups is 2. The van der Waals surface area contributed by atoms with Crippen molar-refractivity contribution in [2.24, 2.45) is 0 Å². The summed E-state index contributed by atoms with van der Waals surface area (Å²) in [5, 5.41) is 28.7. The van der Waals surface area contributed by atoms with Gasteiger partial charge in [0.1, 0.15) is 11.0 Å². The fraction of sp³-hybridized carbons (Fsp3) is 0.318.